The molecule has 0 aliphatic heterocycles. The molecule has 0 N–H and O–H groups in total. The van der Waals surface area contributed by atoms with Gasteiger partial charge in [0.1, 0.15) is 5.69 Å². The second kappa shape index (κ2) is 10.9. The Morgan fingerprint density at radius 2 is 1.11 bits per heavy atom. The van der Waals surface area contributed by atoms with Crippen molar-refractivity contribution in [2.75, 3.05) is 0 Å². The molecule has 8 rings (SSSR count). The van der Waals surface area contributed by atoms with Gasteiger partial charge in [-0.05, 0) is 35.2 Å². The summed E-state index contributed by atoms with van der Waals surface area (Å²) >= 11 is 0. The van der Waals surface area contributed by atoms with Gasteiger partial charge in [0, 0.05) is 27.6 Å². The molecule has 0 unspecified atom stereocenters. The van der Waals surface area contributed by atoms with Gasteiger partial charge in [-0.2, -0.15) is 0 Å². The standard InChI is InChI=1S/C41H26N2O2/c44-40(29-17-6-2-7-18-29)37-36(28-15-4-1-5-16-28)39(41(45)30-19-8-3-9-20-30)43-35-23-13-11-21-31(35)26-32(38(37)43)34-25-24-27-14-10-12-22-33(27)42-34/h1-26H. The predicted octanol–water partition coefficient (Wildman–Crippen LogP) is 9.44. The van der Waals surface area contributed by atoms with Crippen LogP contribution in [0, 0.1) is 0 Å². The van der Waals surface area contributed by atoms with Gasteiger partial charge in [-0.25, -0.2) is 4.98 Å². The van der Waals surface area contributed by atoms with E-state index in [1.807, 2.05) is 150 Å². The van der Waals surface area contributed by atoms with Crippen molar-refractivity contribution in [1.29, 1.82) is 0 Å². The third-order valence-electron chi connectivity index (χ3n) is 8.35. The minimum atomic E-state index is -0.162. The number of para-hydroxylation sites is 2. The van der Waals surface area contributed by atoms with Crippen LogP contribution in [0.2, 0.25) is 0 Å². The number of aromatic nitrogens is 2. The van der Waals surface area contributed by atoms with Crippen molar-refractivity contribution in [1.82, 2.24) is 9.38 Å². The molecule has 4 heteroatoms. The Kier molecular flexibility index (Phi) is 6.39. The van der Waals surface area contributed by atoms with Gasteiger partial charge in [0.25, 0.3) is 0 Å². The van der Waals surface area contributed by atoms with E-state index in [2.05, 4.69) is 12.1 Å². The van der Waals surface area contributed by atoms with E-state index in [-0.39, 0.29) is 11.6 Å². The highest BCUT2D eigenvalue weighted by molar-refractivity contribution is 6.25. The lowest BCUT2D eigenvalue weighted by Gasteiger charge is -2.13. The molecule has 5 aromatic carbocycles. The fourth-order valence-electron chi connectivity index (χ4n) is 6.30. The van der Waals surface area contributed by atoms with Crippen molar-refractivity contribution in [3.63, 3.8) is 0 Å². The Labute approximate surface area is 259 Å². The first-order valence-corrected chi connectivity index (χ1v) is 14.9. The Morgan fingerprint density at radius 1 is 0.533 bits per heavy atom. The number of fused-ring (bicyclic) bond motifs is 4. The maximum atomic E-state index is 14.8. The van der Waals surface area contributed by atoms with E-state index in [0.717, 1.165) is 38.6 Å². The van der Waals surface area contributed by atoms with Gasteiger partial charge in [0.05, 0.1) is 27.8 Å². The van der Waals surface area contributed by atoms with Crippen LogP contribution < -0.4 is 0 Å². The van der Waals surface area contributed by atoms with E-state index in [0.29, 0.717) is 33.5 Å². The van der Waals surface area contributed by atoms with Gasteiger partial charge in [0.2, 0.25) is 5.78 Å². The molecule has 0 spiro atoms. The molecule has 212 valence electrons. The molecule has 0 bridgehead atoms. The van der Waals surface area contributed by atoms with E-state index in [1.54, 1.807) is 0 Å². The number of rotatable bonds is 6. The molecule has 0 aliphatic rings. The number of ketones is 2. The van der Waals surface area contributed by atoms with Crippen LogP contribution in [-0.2, 0) is 0 Å². The van der Waals surface area contributed by atoms with Gasteiger partial charge in [-0.15, -0.1) is 0 Å². The van der Waals surface area contributed by atoms with E-state index < -0.39 is 0 Å². The number of benzene rings is 5. The Morgan fingerprint density at radius 3 is 1.82 bits per heavy atom. The molecular formula is C41H26N2O2. The van der Waals surface area contributed by atoms with Crippen LogP contribution in [0.15, 0.2) is 158 Å². The van der Waals surface area contributed by atoms with Gasteiger partial charge >= 0.3 is 0 Å². The number of hydrogen-bond donors (Lipinski definition) is 0. The third-order valence-corrected chi connectivity index (χ3v) is 8.35. The molecule has 0 atom stereocenters. The SMILES string of the molecule is O=C(c1ccccc1)c1c(-c2ccccc2)c(C(=O)c2ccccc2)n2c1c(-c1ccc3ccccc3n1)cc1ccccc12. The summed E-state index contributed by atoms with van der Waals surface area (Å²) in [7, 11) is 0. The van der Waals surface area contributed by atoms with E-state index >= 15 is 0 Å². The summed E-state index contributed by atoms with van der Waals surface area (Å²) in [5.74, 6) is -0.318. The summed E-state index contributed by atoms with van der Waals surface area (Å²) in [6, 6.07) is 50.5. The van der Waals surface area contributed by atoms with Crippen LogP contribution >= 0.6 is 0 Å². The first kappa shape index (κ1) is 26.5. The predicted molar refractivity (Wildman–Crippen MR) is 181 cm³/mol. The van der Waals surface area contributed by atoms with Crippen LogP contribution in [-0.4, -0.2) is 21.0 Å². The van der Waals surface area contributed by atoms with Crippen molar-refractivity contribution in [2.45, 2.75) is 0 Å². The highest BCUT2D eigenvalue weighted by Gasteiger charge is 2.32. The van der Waals surface area contributed by atoms with Crippen LogP contribution in [0.4, 0.5) is 0 Å². The topological polar surface area (TPSA) is 51.4 Å². The van der Waals surface area contributed by atoms with Crippen LogP contribution in [0.1, 0.15) is 32.0 Å². The monoisotopic (exact) mass is 578 g/mol. The van der Waals surface area contributed by atoms with E-state index in [1.165, 1.54) is 0 Å². The molecule has 4 nitrogen and oxygen atoms in total. The number of nitrogens with zero attached hydrogens (tertiary/aromatic N) is 2. The first-order chi connectivity index (χ1) is 22.2. The molecule has 45 heavy (non-hydrogen) atoms. The van der Waals surface area contributed by atoms with Gasteiger partial charge in [-0.3, -0.25) is 9.59 Å². The van der Waals surface area contributed by atoms with Crippen LogP contribution in [0.5, 0.6) is 0 Å². The van der Waals surface area contributed by atoms with Crippen molar-refractivity contribution >= 4 is 38.9 Å². The van der Waals surface area contributed by atoms with Crippen molar-refractivity contribution < 1.29 is 9.59 Å². The number of carbonyl (C=O) groups is 2. The van der Waals surface area contributed by atoms with Crippen molar-refractivity contribution in [3.8, 4) is 22.4 Å². The molecule has 3 aromatic heterocycles. The summed E-state index contributed by atoms with van der Waals surface area (Å²) in [4.78, 5) is 34.6. The minimum absolute atomic E-state index is 0.156. The molecular weight excluding hydrogens is 552 g/mol. The molecule has 0 aliphatic carbocycles. The number of hydrogen-bond acceptors (Lipinski definition) is 3. The molecule has 0 saturated heterocycles. The molecule has 0 saturated carbocycles. The molecule has 0 radical (unpaired) electrons. The zero-order valence-corrected chi connectivity index (χ0v) is 24.2. The average molecular weight is 579 g/mol. The smallest absolute Gasteiger partial charge is 0.210 e. The summed E-state index contributed by atoms with van der Waals surface area (Å²) in [6.07, 6.45) is 0. The quantitative estimate of drug-likeness (QED) is 0.185. The number of carbonyl (C=O) groups excluding carboxylic acids is 2. The largest absolute Gasteiger partial charge is 0.304 e. The maximum absolute atomic E-state index is 14.8. The van der Waals surface area contributed by atoms with Crippen LogP contribution in [0.3, 0.4) is 0 Å². The van der Waals surface area contributed by atoms with Gasteiger partial charge in [-0.1, -0.05) is 133 Å². The zero-order valence-electron chi connectivity index (χ0n) is 24.2. The Balaban J connectivity index is 1.60. The van der Waals surface area contributed by atoms with E-state index in [9.17, 15) is 9.59 Å². The summed E-state index contributed by atoms with van der Waals surface area (Å²) in [6.45, 7) is 0. The fourth-order valence-corrected chi connectivity index (χ4v) is 6.30. The van der Waals surface area contributed by atoms with Gasteiger partial charge in [0.15, 0.2) is 5.78 Å². The molecule has 8 aromatic rings. The number of pyridine rings is 2. The maximum Gasteiger partial charge on any atom is 0.210 e. The second-order valence-electron chi connectivity index (χ2n) is 11.0. The lowest BCUT2D eigenvalue weighted by molar-refractivity contribution is 0.103. The Bertz CT molecular complexity index is 2390. The first-order valence-electron chi connectivity index (χ1n) is 14.9. The van der Waals surface area contributed by atoms with E-state index in [4.69, 9.17) is 4.98 Å². The fraction of sp³-hybridized carbons (Fsp3) is 0. The summed E-state index contributed by atoms with van der Waals surface area (Å²) < 4.78 is 2.00. The minimum Gasteiger partial charge on any atom is -0.304 e. The second-order valence-corrected chi connectivity index (χ2v) is 11.0. The molecule has 0 amide bonds. The Hall–Kier alpha value is -6.13. The molecule has 0 fully saturated rings. The molecule has 3 heterocycles. The highest BCUT2D eigenvalue weighted by atomic mass is 16.1. The average Bonchev–Trinajstić information content (AvgIpc) is 3.48. The van der Waals surface area contributed by atoms with Crippen molar-refractivity contribution in [3.05, 3.63) is 180 Å². The lowest BCUT2D eigenvalue weighted by Crippen LogP contribution is -2.08. The summed E-state index contributed by atoms with van der Waals surface area (Å²) in [5.41, 5.74) is 7.26. The van der Waals surface area contributed by atoms with Crippen LogP contribution in [0.25, 0.3) is 49.7 Å². The van der Waals surface area contributed by atoms with Gasteiger partial charge < -0.3 is 4.40 Å². The van der Waals surface area contributed by atoms with Crippen molar-refractivity contribution in [2.24, 2.45) is 0 Å². The lowest BCUT2D eigenvalue weighted by atomic mass is 9.91. The summed E-state index contributed by atoms with van der Waals surface area (Å²) in [5, 5.41) is 1.96. The zero-order chi connectivity index (χ0) is 30.3. The normalized spacial score (nSPS) is 11.3. The highest BCUT2D eigenvalue weighted by Crippen LogP contribution is 2.42. The third kappa shape index (κ3) is 4.43.